The van der Waals surface area contributed by atoms with Crippen molar-refractivity contribution in [1.29, 1.82) is 0 Å². The van der Waals surface area contributed by atoms with Crippen molar-refractivity contribution in [2.24, 2.45) is 5.92 Å². The van der Waals surface area contributed by atoms with Crippen molar-refractivity contribution in [2.45, 2.75) is 38.5 Å². The fourth-order valence-corrected chi connectivity index (χ4v) is 2.41. The van der Waals surface area contributed by atoms with Gasteiger partial charge in [0.2, 0.25) is 0 Å². The molecular formula is C16H21NO2. The lowest BCUT2D eigenvalue weighted by Crippen LogP contribution is -2.07. The van der Waals surface area contributed by atoms with Crippen molar-refractivity contribution in [2.75, 3.05) is 6.61 Å². The number of aromatic nitrogens is 1. The summed E-state index contributed by atoms with van der Waals surface area (Å²) >= 11 is 0. The van der Waals surface area contributed by atoms with Gasteiger partial charge in [-0.05, 0) is 43.4 Å². The van der Waals surface area contributed by atoms with Crippen molar-refractivity contribution in [1.82, 2.24) is 4.98 Å². The lowest BCUT2D eigenvalue weighted by Gasteiger charge is -2.09. The molecule has 1 saturated carbocycles. The van der Waals surface area contributed by atoms with Crippen LogP contribution in [0.3, 0.4) is 0 Å². The predicted octanol–water partition coefficient (Wildman–Crippen LogP) is 3.43. The molecule has 3 heteroatoms. The number of esters is 1. The molecule has 1 aliphatic rings. The Morgan fingerprint density at radius 1 is 1.68 bits per heavy atom. The summed E-state index contributed by atoms with van der Waals surface area (Å²) in [5, 5.41) is 0. The Hall–Kier alpha value is -1.64. The fraction of sp³-hybridized carbons (Fsp3) is 0.500. The van der Waals surface area contributed by atoms with E-state index in [9.17, 15) is 4.79 Å². The third-order valence-electron chi connectivity index (χ3n) is 3.64. The van der Waals surface area contributed by atoms with Crippen LogP contribution in [0.4, 0.5) is 0 Å². The van der Waals surface area contributed by atoms with Gasteiger partial charge in [0.25, 0.3) is 0 Å². The van der Waals surface area contributed by atoms with Gasteiger partial charge in [-0.3, -0.25) is 9.78 Å². The zero-order valence-electron chi connectivity index (χ0n) is 11.6. The number of carbonyl (C=O) groups excluding carboxylic acids is 1. The average Bonchev–Trinajstić information content (AvgIpc) is 3.20. The maximum Gasteiger partial charge on any atom is 0.309 e. The Morgan fingerprint density at radius 2 is 2.47 bits per heavy atom. The van der Waals surface area contributed by atoms with Gasteiger partial charge in [-0.25, -0.2) is 0 Å². The molecule has 0 aromatic carbocycles. The largest absolute Gasteiger partial charge is 0.466 e. The first kappa shape index (κ1) is 13.8. The SMILES string of the molecule is C=CC[C@H](C)c1cc([C@H]2C[C@H]2C(=O)OCC)ccn1. The topological polar surface area (TPSA) is 39.2 Å². The summed E-state index contributed by atoms with van der Waals surface area (Å²) in [5.41, 5.74) is 2.28. The second-order valence-corrected chi connectivity index (χ2v) is 5.14. The maximum absolute atomic E-state index is 11.7. The molecule has 0 bridgehead atoms. The standard InChI is InChI=1S/C16H21NO2/c1-4-6-11(3)15-9-12(7-8-17-15)13-10-14(13)16(18)19-5-2/h4,7-9,11,13-14H,1,5-6,10H2,2-3H3/t11-,13+,14+/m0/s1. The highest BCUT2D eigenvalue weighted by Gasteiger charge is 2.45. The van der Waals surface area contributed by atoms with E-state index in [1.165, 1.54) is 5.56 Å². The third-order valence-corrected chi connectivity index (χ3v) is 3.64. The minimum absolute atomic E-state index is 0.0462. The molecule has 1 fully saturated rings. The van der Waals surface area contributed by atoms with E-state index in [2.05, 4.69) is 24.6 Å². The first-order chi connectivity index (χ1) is 9.17. The summed E-state index contributed by atoms with van der Waals surface area (Å²) in [4.78, 5) is 16.1. The zero-order valence-corrected chi connectivity index (χ0v) is 11.6. The van der Waals surface area contributed by atoms with E-state index < -0.39 is 0 Å². The number of ether oxygens (including phenoxy) is 1. The molecule has 1 aliphatic carbocycles. The van der Waals surface area contributed by atoms with Gasteiger partial charge in [0.05, 0.1) is 12.5 Å². The highest BCUT2D eigenvalue weighted by atomic mass is 16.5. The van der Waals surface area contributed by atoms with Gasteiger partial charge in [-0.2, -0.15) is 0 Å². The van der Waals surface area contributed by atoms with Crippen LogP contribution in [0.1, 0.15) is 49.8 Å². The van der Waals surface area contributed by atoms with E-state index >= 15 is 0 Å². The summed E-state index contributed by atoms with van der Waals surface area (Å²) in [6.45, 7) is 8.21. The second kappa shape index (κ2) is 6.00. The van der Waals surface area contributed by atoms with E-state index in [1.54, 1.807) is 0 Å². The molecule has 0 aliphatic heterocycles. The van der Waals surface area contributed by atoms with Crippen LogP contribution >= 0.6 is 0 Å². The quantitative estimate of drug-likeness (QED) is 0.580. The highest BCUT2D eigenvalue weighted by Crippen LogP contribution is 2.48. The van der Waals surface area contributed by atoms with Crippen LogP contribution in [-0.4, -0.2) is 17.6 Å². The Labute approximate surface area is 114 Å². The first-order valence-corrected chi connectivity index (χ1v) is 6.90. The zero-order chi connectivity index (χ0) is 13.8. The van der Waals surface area contributed by atoms with E-state index in [1.807, 2.05) is 25.3 Å². The molecule has 2 rings (SSSR count). The van der Waals surface area contributed by atoms with Crippen molar-refractivity contribution in [3.63, 3.8) is 0 Å². The van der Waals surface area contributed by atoms with Crippen LogP contribution in [0.25, 0.3) is 0 Å². The lowest BCUT2D eigenvalue weighted by molar-refractivity contribution is -0.144. The van der Waals surface area contributed by atoms with Gasteiger partial charge >= 0.3 is 5.97 Å². The Kier molecular flexibility index (Phi) is 4.35. The molecule has 0 spiro atoms. The summed E-state index contributed by atoms with van der Waals surface area (Å²) in [7, 11) is 0. The molecule has 0 radical (unpaired) electrons. The number of hydrogen-bond acceptors (Lipinski definition) is 3. The van der Waals surface area contributed by atoms with Crippen LogP contribution in [-0.2, 0) is 9.53 Å². The number of pyridine rings is 1. The third kappa shape index (κ3) is 3.22. The summed E-state index contributed by atoms with van der Waals surface area (Å²) in [6, 6.07) is 4.13. The summed E-state index contributed by atoms with van der Waals surface area (Å²) in [6.07, 6.45) is 5.57. The molecule has 19 heavy (non-hydrogen) atoms. The van der Waals surface area contributed by atoms with Gasteiger partial charge in [-0.1, -0.05) is 13.0 Å². The number of nitrogens with zero attached hydrogens (tertiary/aromatic N) is 1. The minimum atomic E-state index is -0.0648. The first-order valence-electron chi connectivity index (χ1n) is 6.90. The number of rotatable bonds is 6. The molecule has 3 atom stereocenters. The van der Waals surface area contributed by atoms with Crippen molar-refractivity contribution in [3.8, 4) is 0 Å². The number of carbonyl (C=O) groups is 1. The average molecular weight is 259 g/mol. The summed E-state index contributed by atoms with van der Waals surface area (Å²) < 4.78 is 5.07. The molecule has 1 heterocycles. The Morgan fingerprint density at radius 3 is 3.16 bits per heavy atom. The molecule has 0 N–H and O–H groups in total. The molecule has 0 unspecified atom stereocenters. The van der Waals surface area contributed by atoms with Gasteiger partial charge < -0.3 is 4.74 Å². The van der Waals surface area contributed by atoms with Gasteiger partial charge in [0.15, 0.2) is 0 Å². The normalized spacial score (nSPS) is 22.6. The minimum Gasteiger partial charge on any atom is -0.466 e. The van der Waals surface area contributed by atoms with Gasteiger partial charge in [0, 0.05) is 17.8 Å². The van der Waals surface area contributed by atoms with Crippen LogP contribution in [0.5, 0.6) is 0 Å². The monoisotopic (exact) mass is 259 g/mol. The molecular weight excluding hydrogens is 238 g/mol. The van der Waals surface area contributed by atoms with E-state index in [0.717, 1.165) is 18.5 Å². The van der Waals surface area contributed by atoms with Crippen LogP contribution in [0, 0.1) is 5.92 Å². The molecule has 1 aromatic heterocycles. The molecule has 0 amide bonds. The maximum atomic E-state index is 11.7. The van der Waals surface area contributed by atoms with E-state index in [-0.39, 0.29) is 11.9 Å². The molecule has 3 nitrogen and oxygen atoms in total. The Balaban J connectivity index is 2.05. The van der Waals surface area contributed by atoms with Crippen molar-refractivity contribution >= 4 is 5.97 Å². The van der Waals surface area contributed by atoms with Crippen LogP contribution in [0.15, 0.2) is 31.0 Å². The van der Waals surface area contributed by atoms with E-state index in [0.29, 0.717) is 18.4 Å². The fourth-order valence-electron chi connectivity index (χ4n) is 2.41. The molecule has 102 valence electrons. The molecule has 0 saturated heterocycles. The highest BCUT2D eigenvalue weighted by molar-refractivity contribution is 5.77. The number of allylic oxidation sites excluding steroid dienone is 1. The van der Waals surface area contributed by atoms with Gasteiger partial charge in [0.1, 0.15) is 0 Å². The van der Waals surface area contributed by atoms with Crippen molar-refractivity contribution in [3.05, 3.63) is 42.2 Å². The summed E-state index contributed by atoms with van der Waals surface area (Å²) in [5.74, 6) is 0.670. The predicted molar refractivity (Wildman–Crippen MR) is 74.9 cm³/mol. The van der Waals surface area contributed by atoms with Gasteiger partial charge in [-0.15, -0.1) is 6.58 Å². The van der Waals surface area contributed by atoms with E-state index in [4.69, 9.17) is 4.74 Å². The molecule has 1 aromatic rings. The number of hydrogen-bond donors (Lipinski definition) is 0. The van der Waals surface area contributed by atoms with Crippen molar-refractivity contribution < 1.29 is 9.53 Å². The van der Waals surface area contributed by atoms with Crippen LogP contribution < -0.4 is 0 Å². The second-order valence-electron chi connectivity index (χ2n) is 5.14. The van der Waals surface area contributed by atoms with Crippen LogP contribution in [0.2, 0.25) is 0 Å². The Bertz CT molecular complexity index is 470. The lowest BCUT2D eigenvalue weighted by atomic mass is 10.00. The smallest absolute Gasteiger partial charge is 0.309 e.